The molecule has 4 aromatic rings. The van der Waals surface area contributed by atoms with E-state index in [2.05, 4.69) is 25.1 Å². The first-order valence-corrected chi connectivity index (χ1v) is 10.8. The van der Waals surface area contributed by atoms with E-state index in [0.717, 1.165) is 24.1 Å². The average Bonchev–Trinajstić information content (AvgIpc) is 3.29. The van der Waals surface area contributed by atoms with Gasteiger partial charge in [0, 0.05) is 44.1 Å². The van der Waals surface area contributed by atoms with Crippen molar-refractivity contribution in [1.82, 2.24) is 29.9 Å². The zero-order valence-corrected chi connectivity index (χ0v) is 17.9. The van der Waals surface area contributed by atoms with Crippen LogP contribution in [0.25, 0.3) is 16.8 Å². The summed E-state index contributed by atoms with van der Waals surface area (Å²) in [7, 11) is 0. The lowest BCUT2D eigenvalue weighted by Crippen LogP contribution is -2.36. The van der Waals surface area contributed by atoms with Crippen LogP contribution >= 0.6 is 0 Å². The molecule has 0 radical (unpaired) electrons. The Morgan fingerprint density at radius 1 is 0.818 bits per heavy atom. The van der Waals surface area contributed by atoms with E-state index in [1.165, 1.54) is 16.9 Å². The molecule has 0 N–H and O–H groups in total. The second kappa shape index (κ2) is 9.15. The van der Waals surface area contributed by atoms with Crippen LogP contribution in [0.3, 0.4) is 0 Å². The highest BCUT2D eigenvalue weighted by Gasteiger charge is 2.24. The fourth-order valence-corrected chi connectivity index (χ4v) is 3.94. The Hall–Kier alpha value is -4.14. The molecule has 9 heteroatoms. The van der Waals surface area contributed by atoms with Crippen LogP contribution in [0.4, 0.5) is 10.3 Å². The molecule has 0 saturated carbocycles. The van der Waals surface area contributed by atoms with Crippen molar-refractivity contribution in [2.75, 3.05) is 31.1 Å². The maximum atomic E-state index is 13.3. The lowest BCUT2D eigenvalue weighted by Gasteiger charge is -2.23. The zero-order chi connectivity index (χ0) is 22.6. The van der Waals surface area contributed by atoms with E-state index in [1.807, 2.05) is 23.1 Å². The third kappa shape index (κ3) is 4.43. The third-order valence-electron chi connectivity index (χ3n) is 5.65. The van der Waals surface area contributed by atoms with Crippen LogP contribution < -0.4 is 4.90 Å². The second-order valence-corrected chi connectivity index (χ2v) is 7.75. The molecule has 2 aromatic carbocycles. The summed E-state index contributed by atoms with van der Waals surface area (Å²) in [5.74, 6) is 0.303. The first-order valence-electron chi connectivity index (χ1n) is 10.8. The molecule has 5 rings (SSSR count). The molecular formula is C24H22FN7O. The molecule has 1 aliphatic heterocycles. The summed E-state index contributed by atoms with van der Waals surface area (Å²) in [6.07, 6.45) is 7.48. The Kier molecular flexibility index (Phi) is 5.75. The van der Waals surface area contributed by atoms with Crippen molar-refractivity contribution in [3.63, 3.8) is 0 Å². The van der Waals surface area contributed by atoms with E-state index in [9.17, 15) is 9.18 Å². The van der Waals surface area contributed by atoms with Gasteiger partial charge in [0.05, 0.1) is 23.6 Å². The fraction of sp³-hybridized carbons (Fsp3) is 0.208. The number of hydrogen-bond acceptors (Lipinski definition) is 6. The van der Waals surface area contributed by atoms with Crippen LogP contribution in [0, 0.1) is 5.82 Å². The highest BCUT2D eigenvalue weighted by Crippen LogP contribution is 2.21. The summed E-state index contributed by atoms with van der Waals surface area (Å²) in [4.78, 5) is 27.8. The Labute approximate surface area is 190 Å². The first kappa shape index (κ1) is 20.7. The number of amides is 1. The molecule has 166 valence electrons. The van der Waals surface area contributed by atoms with Gasteiger partial charge in [0.25, 0.3) is 5.91 Å². The van der Waals surface area contributed by atoms with Crippen LogP contribution in [-0.2, 0) is 0 Å². The van der Waals surface area contributed by atoms with Crippen molar-refractivity contribution in [1.29, 1.82) is 0 Å². The van der Waals surface area contributed by atoms with Gasteiger partial charge in [-0.1, -0.05) is 24.3 Å². The summed E-state index contributed by atoms with van der Waals surface area (Å²) in [6, 6.07) is 13.6. The highest BCUT2D eigenvalue weighted by atomic mass is 19.1. The van der Waals surface area contributed by atoms with Gasteiger partial charge < -0.3 is 9.80 Å². The van der Waals surface area contributed by atoms with Crippen LogP contribution in [0.5, 0.6) is 0 Å². The molecule has 1 fully saturated rings. The third-order valence-corrected chi connectivity index (χ3v) is 5.65. The van der Waals surface area contributed by atoms with Crippen molar-refractivity contribution in [3.05, 3.63) is 84.7 Å². The molecule has 0 aliphatic carbocycles. The van der Waals surface area contributed by atoms with Gasteiger partial charge in [-0.2, -0.15) is 15.0 Å². The molecular weight excluding hydrogens is 421 g/mol. The van der Waals surface area contributed by atoms with E-state index < -0.39 is 0 Å². The maximum Gasteiger partial charge on any atom is 0.256 e. The van der Waals surface area contributed by atoms with Crippen LogP contribution in [0.2, 0.25) is 0 Å². The largest absolute Gasteiger partial charge is 0.339 e. The zero-order valence-electron chi connectivity index (χ0n) is 17.9. The smallest absolute Gasteiger partial charge is 0.256 e. The molecule has 1 amide bonds. The topological polar surface area (TPSA) is 80.0 Å². The number of nitrogens with zero attached hydrogens (tertiary/aromatic N) is 7. The molecule has 8 nitrogen and oxygen atoms in total. The van der Waals surface area contributed by atoms with Crippen molar-refractivity contribution < 1.29 is 9.18 Å². The van der Waals surface area contributed by atoms with Crippen molar-refractivity contribution in [2.45, 2.75) is 6.42 Å². The number of aromatic nitrogens is 5. The number of rotatable bonds is 4. The normalized spacial score (nSPS) is 14.2. The van der Waals surface area contributed by atoms with E-state index in [4.69, 9.17) is 0 Å². The monoisotopic (exact) mass is 443 g/mol. The summed E-state index contributed by atoms with van der Waals surface area (Å²) in [6.45, 7) is 2.58. The Morgan fingerprint density at radius 2 is 1.55 bits per heavy atom. The lowest BCUT2D eigenvalue weighted by molar-refractivity contribution is 0.0766. The molecule has 0 spiro atoms. The number of benzene rings is 2. The predicted octanol–water partition coefficient (Wildman–Crippen LogP) is 3.22. The van der Waals surface area contributed by atoms with Gasteiger partial charge >= 0.3 is 0 Å². The molecule has 0 bridgehead atoms. The van der Waals surface area contributed by atoms with Crippen molar-refractivity contribution >= 4 is 11.9 Å². The van der Waals surface area contributed by atoms with Crippen LogP contribution in [0.1, 0.15) is 16.8 Å². The Morgan fingerprint density at radius 3 is 2.30 bits per heavy atom. The summed E-state index contributed by atoms with van der Waals surface area (Å²) >= 11 is 0. The van der Waals surface area contributed by atoms with Crippen LogP contribution in [-0.4, -0.2) is 61.9 Å². The number of para-hydroxylation sites is 1. The van der Waals surface area contributed by atoms with Gasteiger partial charge in [-0.3, -0.25) is 4.79 Å². The average molecular weight is 443 g/mol. The van der Waals surface area contributed by atoms with Crippen LogP contribution in [0.15, 0.2) is 73.3 Å². The molecule has 0 atom stereocenters. The van der Waals surface area contributed by atoms with Gasteiger partial charge in [0.2, 0.25) is 5.95 Å². The Balaban J connectivity index is 1.29. The number of carbonyl (C=O) groups is 1. The summed E-state index contributed by atoms with van der Waals surface area (Å²) in [5.41, 5.74) is 2.92. The quantitative estimate of drug-likeness (QED) is 0.482. The fourth-order valence-electron chi connectivity index (χ4n) is 3.94. The number of anilines is 1. The summed E-state index contributed by atoms with van der Waals surface area (Å²) in [5, 5.41) is 8.34. The van der Waals surface area contributed by atoms with E-state index in [1.54, 1.807) is 43.0 Å². The number of carbonyl (C=O) groups excluding carboxylic acids is 1. The molecule has 33 heavy (non-hydrogen) atoms. The van der Waals surface area contributed by atoms with Crippen molar-refractivity contribution in [2.24, 2.45) is 0 Å². The number of hydrogen-bond donors (Lipinski definition) is 0. The standard InChI is InChI=1S/C24H22FN7O/c25-20-8-6-18(7-9-20)19-16-26-24(27-17-19)31-13-3-12-30(14-15-31)23(33)21-4-1-2-5-22(21)32-28-10-11-29-32/h1-2,4-11,16-17H,3,12-15H2. The molecule has 1 aliphatic rings. The van der Waals surface area contributed by atoms with Gasteiger partial charge in [0.1, 0.15) is 5.82 Å². The van der Waals surface area contributed by atoms with Gasteiger partial charge in [-0.15, -0.1) is 0 Å². The van der Waals surface area contributed by atoms with Gasteiger partial charge in [0.15, 0.2) is 0 Å². The second-order valence-electron chi connectivity index (χ2n) is 7.75. The van der Waals surface area contributed by atoms with Gasteiger partial charge in [-0.05, 0) is 36.2 Å². The van der Waals surface area contributed by atoms with E-state index >= 15 is 0 Å². The van der Waals surface area contributed by atoms with E-state index in [-0.39, 0.29) is 11.7 Å². The first-order chi connectivity index (χ1) is 16.2. The minimum absolute atomic E-state index is 0.0441. The molecule has 1 saturated heterocycles. The molecule has 3 heterocycles. The maximum absolute atomic E-state index is 13.3. The predicted molar refractivity (Wildman–Crippen MR) is 122 cm³/mol. The SMILES string of the molecule is O=C(c1ccccc1-n1nccn1)N1CCCN(c2ncc(-c3ccc(F)cc3)cn2)CC1. The minimum atomic E-state index is -0.275. The lowest BCUT2D eigenvalue weighted by atomic mass is 10.1. The highest BCUT2D eigenvalue weighted by molar-refractivity contribution is 5.97. The summed E-state index contributed by atoms with van der Waals surface area (Å²) < 4.78 is 13.2. The van der Waals surface area contributed by atoms with Crippen molar-refractivity contribution in [3.8, 4) is 16.8 Å². The molecule has 2 aromatic heterocycles. The number of halogens is 1. The minimum Gasteiger partial charge on any atom is -0.339 e. The van der Waals surface area contributed by atoms with Gasteiger partial charge in [-0.25, -0.2) is 14.4 Å². The molecule has 0 unspecified atom stereocenters. The van der Waals surface area contributed by atoms with E-state index in [0.29, 0.717) is 36.8 Å². The Bertz CT molecular complexity index is 1230.